The highest BCUT2D eigenvalue weighted by molar-refractivity contribution is 5.93. The Labute approximate surface area is 155 Å². The van der Waals surface area contributed by atoms with E-state index in [4.69, 9.17) is 0 Å². The van der Waals surface area contributed by atoms with E-state index in [2.05, 4.69) is 19.9 Å². The predicted molar refractivity (Wildman–Crippen MR) is 102 cm³/mol. The quantitative estimate of drug-likeness (QED) is 0.827. The van der Waals surface area contributed by atoms with Crippen LogP contribution in [0.4, 0.5) is 5.82 Å². The third-order valence-corrected chi connectivity index (χ3v) is 4.81. The number of anilines is 1. The van der Waals surface area contributed by atoms with Gasteiger partial charge >= 0.3 is 0 Å². The normalized spacial score (nSPS) is 14.8. The summed E-state index contributed by atoms with van der Waals surface area (Å²) in [6.45, 7) is 4.32. The van der Waals surface area contributed by atoms with Crippen LogP contribution >= 0.6 is 0 Å². The first-order chi connectivity index (χ1) is 12.6. The van der Waals surface area contributed by atoms with E-state index >= 15 is 0 Å². The highest BCUT2D eigenvalue weighted by atomic mass is 16.2. The molecule has 0 aliphatic carbocycles. The number of aryl methyl sites for hydroxylation is 1. The van der Waals surface area contributed by atoms with Gasteiger partial charge in [-0.1, -0.05) is 12.8 Å². The Morgan fingerprint density at radius 3 is 2.50 bits per heavy atom. The average Bonchev–Trinajstić information content (AvgIpc) is 2.95. The first-order valence-corrected chi connectivity index (χ1v) is 9.38. The molecule has 6 nitrogen and oxygen atoms in total. The molecule has 0 saturated carbocycles. The number of carbonyl (C=O) groups is 1. The molecular formula is C20H27N5O. The smallest absolute Gasteiger partial charge is 0.272 e. The Kier molecular flexibility index (Phi) is 6.15. The molecule has 0 bridgehead atoms. The molecule has 0 unspecified atom stereocenters. The summed E-state index contributed by atoms with van der Waals surface area (Å²) in [4.78, 5) is 29.9. The lowest BCUT2D eigenvalue weighted by molar-refractivity contribution is 0.0755. The molecule has 3 rings (SSSR count). The van der Waals surface area contributed by atoms with Crippen molar-refractivity contribution in [3.8, 4) is 0 Å². The molecular weight excluding hydrogens is 326 g/mol. The molecule has 1 aliphatic rings. The molecule has 138 valence electrons. The van der Waals surface area contributed by atoms with Crippen LogP contribution in [0.2, 0.25) is 0 Å². The summed E-state index contributed by atoms with van der Waals surface area (Å²) >= 11 is 0. The molecule has 0 aromatic carbocycles. The number of likely N-dealkylation sites (tertiary alicyclic amines) is 1. The minimum Gasteiger partial charge on any atom is -0.359 e. The molecule has 2 aromatic rings. The molecule has 2 aromatic heterocycles. The van der Waals surface area contributed by atoms with Gasteiger partial charge in [-0.3, -0.25) is 9.78 Å². The van der Waals surface area contributed by atoms with Crippen LogP contribution < -0.4 is 4.90 Å². The van der Waals surface area contributed by atoms with Gasteiger partial charge in [0.2, 0.25) is 0 Å². The fourth-order valence-corrected chi connectivity index (χ4v) is 3.25. The van der Waals surface area contributed by atoms with Gasteiger partial charge in [-0.2, -0.15) is 0 Å². The predicted octanol–water partition coefficient (Wildman–Crippen LogP) is 2.88. The summed E-state index contributed by atoms with van der Waals surface area (Å²) in [6, 6.07) is 5.87. The summed E-state index contributed by atoms with van der Waals surface area (Å²) < 4.78 is 0. The molecule has 6 heteroatoms. The van der Waals surface area contributed by atoms with Crippen molar-refractivity contribution in [2.24, 2.45) is 0 Å². The average molecular weight is 353 g/mol. The van der Waals surface area contributed by atoms with Gasteiger partial charge in [-0.05, 0) is 43.9 Å². The minimum atomic E-state index is 0.0289. The second-order valence-electron chi connectivity index (χ2n) is 6.89. The Morgan fingerprint density at radius 2 is 1.81 bits per heavy atom. The van der Waals surface area contributed by atoms with E-state index in [1.165, 1.54) is 18.4 Å². The Hall–Kier alpha value is -2.50. The number of amides is 1. The van der Waals surface area contributed by atoms with Crippen molar-refractivity contribution in [2.45, 2.75) is 39.0 Å². The zero-order valence-corrected chi connectivity index (χ0v) is 15.7. The first-order valence-electron chi connectivity index (χ1n) is 9.38. The Balaban J connectivity index is 1.70. The first kappa shape index (κ1) is 18.3. The monoisotopic (exact) mass is 353 g/mol. The van der Waals surface area contributed by atoms with Crippen LogP contribution in [-0.2, 0) is 6.42 Å². The van der Waals surface area contributed by atoms with Crippen molar-refractivity contribution >= 4 is 11.7 Å². The van der Waals surface area contributed by atoms with Crippen molar-refractivity contribution in [3.63, 3.8) is 0 Å². The summed E-state index contributed by atoms with van der Waals surface area (Å²) in [5.41, 5.74) is 1.74. The van der Waals surface area contributed by atoms with Gasteiger partial charge in [0.05, 0.1) is 0 Å². The van der Waals surface area contributed by atoms with E-state index in [9.17, 15) is 4.79 Å². The standard InChI is InChI=1S/C20H27N5O/c1-16-22-18(20(26)25-12-5-3-4-6-13-25)15-19(23-16)24(2)14-9-17-7-10-21-11-8-17/h7-8,10-11,15H,3-6,9,12-14H2,1-2H3. The van der Waals surface area contributed by atoms with Crippen molar-refractivity contribution in [3.05, 3.63) is 47.7 Å². The molecule has 26 heavy (non-hydrogen) atoms. The van der Waals surface area contributed by atoms with Crippen molar-refractivity contribution in [2.75, 3.05) is 31.6 Å². The fraction of sp³-hybridized carbons (Fsp3) is 0.500. The zero-order valence-electron chi connectivity index (χ0n) is 15.7. The summed E-state index contributed by atoms with van der Waals surface area (Å²) in [5, 5.41) is 0. The number of likely N-dealkylation sites (N-methyl/N-ethyl adjacent to an activating group) is 1. The van der Waals surface area contributed by atoms with Crippen LogP contribution in [0.5, 0.6) is 0 Å². The molecule has 0 radical (unpaired) electrons. The maximum absolute atomic E-state index is 12.9. The number of pyridine rings is 1. The number of rotatable bonds is 5. The molecule has 1 saturated heterocycles. The lowest BCUT2D eigenvalue weighted by Crippen LogP contribution is -2.33. The number of carbonyl (C=O) groups excluding carboxylic acids is 1. The van der Waals surface area contributed by atoms with Gasteiger partial charge in [-0.15, -0.1) is 0 Å². The second kappa shape index (κ2) is 8.74. The van der Waals surface area contributed by atoms with E-state index in [1.54, 1.807) is 0 Å². The summed E-state index contributed by atoms with van der Waals surface area (Å²) in [7, 11) is 2.00. The van der Waals surface area contributed by atoms with Crippen LogP contribution in [0.1, 0.15) is 47.6 Å². The molecule has 0 spiro atoms. The molecule has 1 aliphatic heterocycles. The van der Waals surface area contributed by atoms with Crippen LogP contribution in [-0.4, -0.2) is 52.4 Å². The van der Waals surface area contributed by atoms with Crippen LogP contribution in [0.15, 0.2) is 30.6 Å². The maximum atomic E-state index is 12.9. The lowest BCUT2D eigenvalue weighted by Gasteiger charge is -2.22. The molecule has 0 N–H and O–H groups in total. The van der Waals surface area contributed by atoms with Crippen LogP contribution in [0.3, 0.4) is 0 Å². The topological polar surface area (TPSA) is 62.2 Å². The Morgan fingerprint density at radius 1 is 1.12 bits per heavy atom. The van der Waals surface area contributed by atoms with Gasteiger partial charge in [0, 0.05) is 45.1 Å². The lowest BCUT2D eigenvalue weighted by atomic mass is 10.2. The molecule has 3 heterocycles. The van der Waals surface area contributed by atoms with E-state index in [0.717, 1.165) is 44.7 Å². The van der Waals surface area contributed by atoms with Gasteiger partial charge < -0.3 is 9.80 Å². The third kappa shape index (κ3) is 4.77. The van der Waals surface area contributed by atoms with Gasteiger partial charge in [0.1, 0.15) is 17.3 Å². The van der Waals surface area contributed by atoms with Crippen LogP contribution in [0, 0.1) is 6.92 Å². The van der Waals surface area contributed by atoms with Gasteiger partial charge in [0.15, 0.2) is 0 Å². The number of aromatic nitrogens is 3. The summed E-state index contributed by atoms with van der Waals surface area (Å²) in [6.07, 6.45) is 9.08. The molecule has 1 amide bonds. The van der Waals surface area contributed by atoms with Gasteiger partial charge in [0.25, 0.3) is 5.91 Å². The fourth-order valence-electron chi connectivity index (χ4n) is 3.25. The molecule has 0 atom stereocenters. The van der Waals surface area contributed by atoms with Crippen LogP contribution in [0.25, 0.3) is 0 Å². The van der Waals surface area contributed by atoms with E-state index in [0.29, 0.717) is 11.5 Å². The SMILES string of the molecule is Cc1nc(C(=O)N2CCCCCC2)cc(N(C)CCc2ccncc2)n1. The third-order valence-electron chi connectivity index (χ3n) is 4.81. The van der Waals surface area contributed by atoms with Gasteiger partial charge in [-0.25, -0.2) is 9.97 Å². The van der Waals surface area contributed by atoms with Crippen molar-refractivity contribution < 1.29 is 4.79 Å². The summed E-state index contributed by atoms with van der Waals surface area (Å²) in [5.74, 6) is 1.46. The molecule has 1 fully saturated rings. The maximum Gasteiger partial charge on any atom is 0.272 e. The van der Waals surface area contributed by atoms with Crippen molar-refractivity contribution in [1.82, 2.24) is 19.9 Å². The highest BCUT2D eigenvalue weighted by Gasteiger charge is 2.20. The minimum absolute atomic E-state index is 0.0289. The Bertz CT molecular complexity index is 726. The zero-order chi connectivity index (χ0) is 18.4. The van der Waals surface area contributed by atoms with E-state index < -0.39 is 0 Å². The highest BCUT2D eigenvalue weighted by Crippen LogP contribution is 2.16. The second-order valence-corrected chi connectivity index (χ2v) is 6.89. The number of hydrogen-bond donors (Lipinski definition) is 0. The largest absolute Gasteiger partial charge is 0.359 e. The number of hydrogen-bond acceptors (Lipinski definition) is 5. The number of nitrogens with zero attached hydrogens (tertiary/aromatic N) is 5. The van der Waals surface area contributed by atoms with E-state index in [-0.39, 0.29) is 5.91 Å². The van der Waals surface area contributed by atoms with E-state index in [1.807, 2.05) is 49.5 Å². The van der Waals surface area contributed by atoms with Crippen molar-refractivity contribution in [1.29, 1.82) is 0 Å².